The molecule has 0 spiro atoms. The van der Waals surface area contributed by atoms with Gasteiger partial charge in [0.15, 0.2) is 0 Å². The van der Waals surface area contributed by atoms with E-state index in [4.69, 9.17) is 5.73 Å². The molecule has 0 radical (unpaired) electrons. The molecule has 0 aromatic heterocycles. The molecule has 3 nitrogen and oxygen atoms in total. The summed E-state index contributed by atoms with van der Waals surface area (Å²) in [5.41, 5.74) is 5.76. The molecule has 1 atom stereocenters. The van der Waals surface area contributed by atoms with Crippen LogP contribution in [0.1, 0.15) is 45.4 Å². The zero-order chi connectivity index (χ0) is 10.9. The van der Waals surface area contributed by atoms with Gasteiger partial charge < -0.3 is 11.1 Å². The van der Waals surface area contributed by atoms with Crippen molar-refractivity contribution in [1.29, 1.82) is 0 Å². The van der Waals surface area contributed by atoms with Crippen LogP contribution in [0, 0.1) is 11.3 Å². The van der Waals surface area contributed by atoms with E-state index in [1.165, 1.54) is 32.1 Å². The van der Waals surface area contributed by atoms with E-state index in [1.807, 2.05) is 6.92 Å². The standard InChI is InChI=1S/C12H22N2O/c1-9(7-11(13)15)14-8-12(5-2-6-12)10-3-4-10/h9-10,14H,2-8H2,1H3,(H2,13,15). The second-order valence-corrected chi connectivity index (χ2v) is 5.44. The molecule has 3 N–H and O–H groups in total. The molecule has 0 saturated heterocycles. The van der Waals surface area contributed by atoms with Crippen LogP contribution in [-0.2, 0) is 4.79 Å². The van der Waals surface area contributed by atoms with Crippen molar-refractivity contribution in [2.24, 2.45) is 17.1 Å². The number of carbonyl (C=O) groups excluding carboxylic acids is 1. The first-order valence-electron chi connectivity index (χ1n) is 6.14. The highest BCUT2D eigenvalue weighted by atomic mass is 16.1. The van der Waals surface area contributed by atoms with Crippen molar-refractivity contribution < 1.29 is 4.79 Å². The molecule has 0 heterocycles. The Morgan fingerprint density at radius 1 is 1.53 bits per heavy atom. The average molecular weight is 210 g/mol. The zero-order valence-corrected chi connectivity index (χ0v) is 9.59. The minimum atomic E-state index is -0.205. The van der Waals surface area contributed by atoms with E-state index in [0.29, 0.717) is 11.8 Å². The summed E-state index contributed by atoms with van der Waals surface area (Å²) in [5, 5.41) is 3.48. The van der Waals surface area contributed by atoms with E-state index in [9.17, 15) is 4.79 Å². The number of nitrogens with one attached hydrogen (secondary N) is 1. The number of nitrogens with two attached hydrogens (primary N) is 1. The summed E-state index contributed by atoms with van der Waals surface area (Å²) in [6.07, 6.45) is 7.46. The smallest absolute Gasteiger partial charge is 0.218 e. The summed E-state index contributed by atoms with van der Waals surface area (Å²) < 4.78 is 0. The third-order valence-corrected chi connectivity index (χ3v) is 4.10. The van der Waals surface area contributed by atoms with Crippen LogP contribution in [0.5, 0.6) is 0 Å². The van der Waals surface area contributed by atoms with Crippen molar-refractivity contribution in [2.45, 2.75) is 51.5 Å². The summed E-state index contributed by atoms with van der Waals surface area (Å²) in [5.74, 6) is 0.767. The lowest BCUT2D eigenvalue weighted by molar-refractivity contribution is -0.118. The molecule has 0 aromatic carbocycles. The largest absolute Gasteiger partial charge is 0.370 e. The third-order valence-electron chi connectivity index (χ3n) is 4.10. The van der Waals surface area contributed by atoms with E-state index in [0.717, 1.165) is 12.5 Å². The van der Waals surface area contributed by atoms with Gasteiger partial charge in [0, 0.05) is 19.0 Å². The molecule has 1 amide bonds. The van der Waals surface area contributed by atoms with Crippen molar-refractivity contribution in [3.63, 3.8) is 0 Å². The fourth-order valence-corrected chi connectivity index (χ4v) is 2.81. The predicted octanol–water partition coefficient (Wildman–Crippen LogP) is 1.42. The first-order valence-corrected chi connectivity index (χ1v) is 6.14. The lowest BCUT2D eigenvalue weighted by Gasteiger charge is -2.43. The van der Waals surface area contributed by atoms with Crippen LogP contribution >= 0.6 is 0 Å². The average Bonchev–Trinajstić information content (AvgIpc) is 2.84. The molecule has 2 aliphatic carbocycles. The molecule has 2 fully saturated rings. The van der Waals surface area contributed by atoms with Gasteiger partial charge >= 0.3 is 0 Å². The summed E-state index contributed by atoms with van der Waals surface area (Å²) in [6, 6.07) is 0.235. The Labute approximate surface area is 91.8 Å². The van der Waals surface area contributed by atoms with Crippen molar-refractivity contribution in [3.05, 3.63) is 0 Å². The Morgan fingerprint density at radius 3 is 2.60 bits per heavy atom. The van der Waals surface area contributed by atoms with Gasteiger partial charge in [0.05, 0.1) is 0 Å². The van der Waals surface area contributed by atoms with E-state index in [-0.39, 0.29) is 11.9 Å². The van der Waals surface area contributed by atoms with Gasteiger partial charge in [-0.15, -0.1) is 0 Å². The molecular formula is C12H22N2O. The Hall–Kier alpha value is -0.570. The number of rotatable bonds is 6. The molecule has 0 bridgehead atoms. The van der Waals surface area contributed by atoms with Gasteiger partial charge in [0.25, 0.3) is 0 Å². The fraction of sp³-hybridized carbons (Fsp3) is 0.917. The van der Waals surface area contributed by atoms with Crippen LogP contribution in [0.3, 0.4) is 0 Å². The first kappa shape index (κ1) is 10.9. The Morgan fingerprint density at radius 2 is 2.20 bits per heavy atom. The Balaban J connectivity index is 1.74. The number of hydrogen-bond acceptors (Lipinski definition) is 2. The molecule has 3 heteroatoms. The summed E-state index contributed by atoms with van der Waals surface area (Å²) in [4.78, 5) is 10.7. The number of hydrogen-bond donors (Lipinski definition) is 2. The number of primary amides is 1. The van der Waals surface area contributed by atoms with Gasteiger partial charge in [-0.2, -0.15) is 0 Å². The van der Waals surface area contributed by atoms with Crippen LogP contribution in [0.4, 0.5) is 0 Å². The maximum absolute atomic E-state index is 10.7. The summed E-state index contributed by atoms with van der Waals surface area (Å²) >= 11 is 0. The molecule has 1 unspecified atom stereocenters. The van der Waals surface area contributed by atoms with E-state index in [2.05, 4.69) is 5.32 Å². The summed E-state index contributed by atoms with van der Waals surface area (Å²) in [6.45, 7) is 3.14. The van der Waals surface area contributed by atoms with Gasteiger partial charge in [-0.1, -0.05) is 6.42 Å². The highest BCUT2D eigenvalue weighted by molar-refractivity contribution is 5.74. The van der Waals surface area contributed by atoms with Crippen molar-refractivity contribution >= 4 is 5.91 Å². The molecule has 2 aliphatic rings. The van der Waals surface area contributed by atoms with Crippen LogP contribution in [0.2, 0.25) is 0 Å². The maximum Gasteiger partial charge on any atom is 0.218 e. The normalized spacial score (nSPS) is 25.7. The van der Waals surface area contributed by atoms with E-state index >= 15 is 0 Å². The molecular weight excluding hydrogens is 188 g/mol. The van der Waals surface area contributed by atoms with Crippen LogP contribution < -0.4 is 11.1 Å². The van der Waals surface area contributed by atoms with Gasteiger partial charge in [0.2, 0.25) is 5.91 Å². The molecule has 2 rings (SSSR count). The first-order chi connectivity index (χ1) is 7.12. The second kappa shape index (κ2) is 4.12. The van der Waals surface area contributed by atoms with Crippen molar-refractivity contribution in [2.75, 3.05) is 6.54 Å². The fourth-order valence-electron chi connectivity index (χ4n) is 2.81. The van der Waals surface area contributed by atoms with Crippen LogP contribution in [0.15, 0.2) is 0 Å². The van der Waals surface area contributed by atoms with E-state index in [1.54, 1.807) is 0 Å². The van der Waals surface area contributed by atoms with Crippen LogP contribution in [0.25, 0.3) is 0 Å². The lowest BCUT2D eigenvalue weighted by Crippen LogP contribution is -2.45. The molecule has 0 aromatic rings. The minimum absolute atomic E-state index is 0.205. The SMILES string of the molecule is CC(CC(N)=O)NCC1(C2CC2)CCC1. The lowest BCUT2D eigenvalue weighted by atomic mass is 9.65. The van der Waals surface area contributed by atoms with Crippen molar-refractivity contribution in [1.82, 2.24) is 5.32 Å². The number of carbonyl (C=O) groups is 1. The maximum atomic E-state index is 10.7. The monoisotopic (exact) mass is 210 g/mol. The van der Waals surface area contributed by atoms with E-state index < -0.39 is 0 Å². The van der Waals surface area contributed by atoms with Gasteiger partial charge in [0.1, 0.15) is 0 Å². The quantitative estimate of drug-likeness (QED) is 0.696. The Bertz CT molecular complexity index is 244. The van der Waals surface area contributed by atoms with Gasteiger partial charge in [-0.25, -0.2) is 0 Å². The summed E-state index contributed by atoms with van der Waals surface area (Å²) in [7, 11) is 0. The van der Waals surface area contributed by atoms with Gasteiger partial charge in [-0.3, -0.25) is 4.79 Å². The highest BCUT2D eigenvalue weighted by Crippen LogP contribution is 2.56. The van der Waals surface area contributed by atoms with Crippen molar-refractivity contribution in [3.8, 4) is 0 Å². The second-order valence-electron chi connectivity index (χ2n) is 5.44. The minimum Gasteiger partial charge on any atom is -0.370 e. The number of amides is 1. The molecule has 2 saturated carbocycles. The Kier molecular flexibility index (Phi) is 3.01. The topological polar surface area (TPSA) is 55.1 Å². The third kappa shape index (κ3) is 2.51. The molecule has 0 aliphatic heterocycles. The molecule has 86 valence electrons. The van der Waals surface area contributed by atoms with Crippen LogP contribution in [-0.4, -0.2) is 18.5 Å². The zero-order valence-electron chi connectivity index (χ0n) is 9.59. The highest BCUT2D eigenvalue weighted by Gasteiger charge is 2.48. The molecule has 15 heavy (non-hydrogen) atoms. The predicted molar refractivity (Wildman–Crippen MR) is 60.3 cm³/mol. The van der Waals surface area contributed by atoms with Gasteiger partial charge in [-0.05, 0) is 43.9 Å².